The molecule has 0 radical (unpaired) electrons. The number of hydrogen-bond donors (Lipinski definition) is 0. The van der Waals surface area contributed by atoms with Gasteiger partial charge in [0.2, 0.25) is 0 Å². The fraction of sp³-hybridized carbons (Fsp3) is 0.947. The highest BCUT2D eigenvalue weighted by Crippen LogP contribution is 2.18. The van der Waals surface area contributed by atoms with Crippen LogP contribution in [0.4, 0.5) is 0 Å². The molecular weight excluding hydrogens is 781 g/mol. The van der Waals surface area contributed by atoms with Crippen molar-refractivity contribution in [3.05, 3.63) is 0 Å². The second-order valence-electron chi connectivity index (χ2n) is 19.6. The highest BCUT2D eigenvalue weighted by Gasteiger charge is 2.19. The molecule has 0 unspecified atom stereocenters. The lowest BCUT2D eigenvalue weighted by Crippen LogP contribution is -2.30. The smallest absolute Gasteiger partial charge is 0.306 e. The molecule has 0 bridgehead atoms. The lowest BCUT2D eigenvalue weighted by Gasteiger charge is -2.18. The van der Waals surface area contributed by atoms with Gasteiger partial charge in [-0.15, -0.1) is 0 Å². The second-order valence-corrected chi connectivity index (χ2v) is 19.6. The van der Waals surface area contributed by atoms with Crippen molar-refractivity contribution < 1.29 is 28.6 Å². The maximum atomic E-state index is 12.8. The molecule has 0 aliphatic carbocycles. The Bertz CT molecular complexity index is 936. The first kappa shape index (κ1) is 61.4. The van der Waals surface area contributed by atoms with E-state index in [1.165, 1.54) is 231 Å². The van der Waals surface area contributed by atoms with Crippen LogP contribution < -0.4 is 0 Å². The molecule has 6 nitrogen and oxygen atoms in total. The van der Waals surface area contributed by atoms with Gasteiger partial charge in [-0.1, -0.05) is 290 Å². The van der Waals surface area contributed by atoms with Gasteiger partial charge >= 0.3 is 17.9 Å². The van der Waals surface area contributed by atoms with Gasteiger partial charge in [-0.3, -0.25) is 14.4 Å². The first-order valence-corrected chi connectivity index (χ1v) is 28.5. The minimum atomic E-state index is -0.760. The summed E-state index contributed by atoms with van der Waals surface area (Å²) in [5.41, 5.74) is 0. The van der Waals surface area contributed by atoms with Gasteiger partial charge in [0, 0.05) is 19.3 Å². The number of hydrogen-bond acceptors (Lipinski definition) is 6. The van der Waals surface area contributed by atoms with Crippen LogP contribution in [0.2, 0.25) is 0 Å². The van der Waals surface area contributed by atoms with Crippen LogP contribution in [0.1, 0.15) is 329 Å². The highest BCUT2D eigenvalue weighted by molar-refractivity contribution is 5.71. The molecule has 0 spiro atoms. The molecule has 0 aliphatic rings. The monoisotopic (exact) mass is 891 g/mol. The van der Waals surface area contributed by atoms with Crippen LogP contribution in [0.25, 0.3) is 0 Å². The summed E-state index contributed by atoms with van der Waals surface area (Å²) < 4.78 is 16.9. The Kier molecular flexibility index (Phi) is 51.7. The van der Waals surface area contributed by atoms with E-state index >= 15 is 0 Å². The van der Waals surface area contributed by atoms with Crippen LogP contribution >= 0.6 is 0 Å². The molecule has 0 saturated heterocycles. The molecule has 0 rings (SSSR count). The summed E-state index contributed by atoms with van der Waals surface area (Å²) in [6.07, 6.45) is 58.1. The molecule has 0 aromatic rings. The molecule has 6 heteroatoms. The Hall–Kier alpha value is -1.59. The first-order valence-electron chi connectivity index (χ1n) is 28.5. The molecular formula is C57H110O6. The first-order chi connectivity index (χ1) is 31.0. The molecule has 1 atom stereocenters. The standard InChI is InChI=1S/C57H110O6/c1-4-7-10-13-16-19-22-25-27-28-29-30-31-33-36-38-41-44-47-50-56(59)62-53-54(63-57(60)51-48-45-42-39-34-24-21-18-15-12-9-6-3)52-61-55(58)49-46-43-40-37-35-32-26-23-20-17-14-11-8-5-2/h54H,4-53H2,1-3H3/t54-/m1/s1. The molecule has 0 aliphatic heterocycles. The van der Waals surface area contributed by atoms with Gasteiger partial charge in [0.1, 0.15) is 13.2 Å². The van der Waals surface area contributed by atoms with Crippen LogP contribution in [0, 0.1) is 0 Å². The van der Waals surface area contributed by atoms with E-state index in [9.17, 15) is 14.4 Å². The van der Waals surface area contributed by atoms with E-state index in [0.29, 0.717) is 19.3 Å². The zero-order chi connectivity index (χ0) is 45.8. The summed E-state index contributed by atoms with van der Waals surface area (Å²) in [4.78, 5) is 38.1. The van der Waals surface area contributed by atoms with Crippen molar-refractivity contribution in [3.63, 3.8) is 0 Å². The summed E-state index contributed by atoms with van der Waals surface area (Å²) in [5.74, 6) is -0.834. The largest absolute Gasteiger partial charge is 0.462 e. The van der Waals surface area contributed by atoms with Gasteiger partial charge in [-0.25, -0.2) is 0 Å². The van der Waals surface area contributed by atoms with Gasteiger partial charge in [0.05, 0.1) is 0 Å². The number of carbonyl (C=O) groups excluding carboxylic acids is 3. The Balaban J connectivity index is 4.24. The maximum Gasteiger partial charge on any atom is 0.306 e. The minimum Gasteiger partial charge on any atom is -0.462 e. The zero-order valence-corrected chi connectivity index (χ0v) is 42.9. The van der Waals surface area contributed by atoms with Crippen LogP contribution in [0.15, 0.2) is 0 Å². The lowest BCUT2D eigenvalue weighted by molar-refractivity contribution is -0.167. The number of ether oxygens (including phenoxy) is 3. The van der Waals surface area contributed by atoms with Crippen LogP contribution in [0.5, 0.6) is 0 Å². The van der Waals surface area contributed by atoms with E-state index in [2.05, 4.69) is 20.8 Å². The predicted octanol–water partition coefficient (Wildman–Crippen LogP) is 18.8. The Morgan fingerprint density at radius 3 is 0.635 bits per heavy atom. The highest BCUT2D eigenvalue weighted by atomic mass is 16.6. The minimum absolute atomic E-state index is 0.0612. The topological polar surface area (TPSA) is 78.9 Å². The molecule has 0 saturated carbocycles. The molecule has 63 heavy (non-hydrogen) atoms. The van der Waals surface area contributed by atoms with E-state index in [1.54, 1.807) is 0 Å². The Labute approximate surface area is 393 Å². The summed E-state index contributed by atoms with van der Waals surface area (Å²) in [5, 5.41) is 0. The van der Waals surface area contributed by atoms with Crippen molar-refractivity contribution >= 4 is 17.9 Å². The summed E-state index contributed by atoms with van der Waals surface area (Å²) in [7, 11) is 0. The zero-order valence-electron chi connectivity index (χ0n) is 42.9. The number of unbranched alkanes of at least 4 members (excludes halogenated alkanes) is 42. The third kappa shape index (κ3) is 51.3. The average molecular weight is 892 g/mol. The molecule has 0 N–H and O–H groups in total. The fourth-order valence-electron chi connectivity index (χ4n) is 8.80. The lowest BCUT2D eigenvalue weighted by atomic mass is 10.0. The number of esters is 3. The molecule has 0 heterocycles. The third-order valence-corrected chi connectivity index (χ3v) is 13.1. The molecule has 0 aromatic carbocycles. The van der Waals surface area contributed by atoms with Gasteiger partial charge in [0.25, 0.3) is 0 Å². The van der Waals surface area contributed by atoms with Crippen molar-refractivity contribution in [3.8, 4) is 0 Å². The van der Waals surface area contributed by atoms with Crippen LogP contribution in [-0.2, 0) is 28.6 Å². The average Bonchev–Trinajstić information content (AvgIpc) is 3.28. The summed E-state index contributed by atoms with van der Waals surface area (Å²) in [6, 6.07) is 0. The van der Waals surface area contributed by atoms with Crippen molar-refractivity contribution in [1.82, 2.24) is 0 Å². The van der Waals surface area contributed by atoms with E-state index in [0.717, 1.165) is 57.8 Å². The number of rotatable bonds is 53. The van der Waals surface area contributed by atoms with Crippen molar-refractivity contribution in [2.24, 2.45) is 0 Å². The van der Waals surface area contributed by atoms with Gasteiger partial charge in [-0.2, -0.15) is 0 Å². The molecule has 0 amide bonds. The normalized spacial score (nSPS) is 11.9. The summed E-state index contributed by atoms with van der Waals surface area (Å²) in [6.45, 7) is 6.70. The van der Waals surface area contributed by atoms with E-state index < -0.39 is 6.10 Å². The quantitative estimate of drug-likeness (QED) is 0.0344. The van der Waals surface area contributed by atoms with Gasteiger partial charge in [-0.05, 0) is 19.3 Å². The molecule has 0 aromatic heterocycles. The maximum absolute atomic E-state index is 12.8. The summed E-state index contributed by atoms with van der Waals surface area (Å²) >= 11 is 0. The second kappa shape index (κ2) is 53.0. The third-order valence-electron chi connectivity index (χ3n) is 13.1. The number of carbonyl (C=O) groups is 3. The SMILES string of the molecule is CCCCCCCCCCCCCCCCCCCCCC(=O)OC[C@@H](COC(=O)CCCCCCCCCCCCCCCC)OC(=O)CCCCCCCCCCCCCC. The van der Waals surface area contributed by atoms with Crippen molar-refractivity contribution in [2.45, 2.75) is 335 Å². The van der Waals surface area contributed by atoms with E-state index in [-0.39, 0.29) is 31.1 Å². The van der Waals surface area contributed by atoms with Crippen LogP contribution in [0.3, 0.4) is 0 Å². The Morgan fingerprint density at radius 1 is 0.254 bits per heavy atom. The Morgan fingerprint density at radius 2 is 0.429 bits per heavy atom. The molecule has 0 fully saturated rings. The van der Waals surface area contributed by atoms with Crippen molar-refractivity contribution in [2.75, 3.05) is 13.2 Å². The van der Waals surface area contributed by atoms with E-state index in [4.69, 9.17) is 14.2 Å². The van der Waals surface area contributed by atoms with E-state index in [1.807, 2.05) is 0 Å². The van der Waals surface area contributed by atoms with Gasteiger partial charge < -0.3 is 14.2 Å². The fourth-order valence-corrected chi connectivity index (χ4v) is 8.80. The van der Waals surface area contributed by atoms with Gasteiger partial charge in [0.15, 0.2) is 6.10 Å². The van der Waals surface area contributed by atoms with Crippen molar-refractivity contribution in [1.29, 1.82) is 0 Å². The predicted molar refractivity (Wildman–Crippen MR) is 270 cm³/mol. The van der Waals surface area contributed by atoms with Crippen LogP contribution in [-0.4, -0.2) is 37.2 Å². The molecule has 374 valence electrons.